The number of carbonyl (C=O) groups excluding carboxylic acids is 1. The first-order valence-electron chi connectivity index (χ1n) is 7.73. The molecule has 23 heavy (non-hydrogen) atoms. The third kappa shape index (κ3) is 3.30. The number of fused-ring (bicyclic) bond motifs is 1. The van der Waals surface area contributed by atoms with E-state index in [1.165, 1.54) is 10.9 Å². The van der Waals surface area contributed by atoms with Crippen molar-refractivity contribution >= 4 is 16.7 Å². The fourth-order valence-corrected chi connectivity index (χ4v) is 2.99. The molecule has 0 radical (unpaired) electrons. The Labute approximate surface area is 136 Å². The average Bonchev–Trinajstić information content (AvgIpc) is 2.54. The van der Waals surface area contributed by atoms with Crippen LogP contribution in [0, 0.1) is 0 Å². The molecule has 0 aliphatic carbocycles. The van der Waals surface area contributed by atoms with E-state index in [0.717, 1.165) is 24.2 Å². The summed E-state index contributed by atoms with van der Waals surface area (Å²) in [7, 11) is 1.67. The quantitative estimate of drug-likeness (QED) is 0.936. The first-order valence-corrected chi connectivity index (χ1v) is 7.73. The van der Waals surface area contributed by atoms with Crippen molar-refractivity contribution in [3.8, 4) is 5.75 Å². The van der Waals surface area contributed by atoms with Crippen molar-refractivity contribution in [1.29, 1.82) is 0 Å². The van der Waals surface area contributed by atoms with Crippen LogP contribution >= 0.6 is 0 Å². The molecular weight excluding hydrogens is 292 g/mol. The van der Waals surface area contributed by atoms with E-state index in [4.69, 9.17) is 15.2 Å². The standard InChI is InChI=1S/C18H22N2O3/c1-18(17(19)21)12-20(7-8-23-18)11-13-3-4-15-10-16(22-2)6-5-14(15)9-13/h3-6,9-10H,7-8,11-12H2,1-2H3,(H2,19,21). The highest BCUT2D eigenvalue weighted by atomic mass is 16.5. The molecular formula is C18H22N2O3. The van der Waals surface area contributed by atoms with E-state index in [1.54, 1.807) is 14.0 Å². The highest BCUT2D eigenvalue weighted by Crippen LogP contribution is 2.24. The van der Waals surface area contributed by atoms with E-state index >= 15 is 0 Å². The van der Waals surface area contributed by atoms with E-state index < -0.39 is 11.5 Å². The molecule has 0 spiro atoms. The molecule has 1 aliphatic rings. The van der Waals surface area contributed by atoms with Crippen LogP contribution in [-0.4, -0.2) is 43.2 Å². The second-order valence-electron chi connectivity index (χ2n) is 6.20. The molecule has 3 rings (SSSR count). The van der Waals surface area contributed by atoms with Gasteiger partial charge in [0, 0.05) is 19.6 Å². The summed E-state index contributed by atoms with van der Waals surface area (Å²) in [6.45, 7) is 4.36. The number of nitrogens with zero attached hydrogens (tertiary/aromatic N) is 1. The van der Waals surface area contributed by atoms with Crippen molar-refractivity contribution in [1.82, 2.24) is 4.90 Å². The van der Waals surface area contributed by atoms with Crippen LogP contribution in [0.4, 0.5) is 0 Å². The number of nitrogens with two attached hydrogens (primary N) is 1. The topological polar surface area (TPSA) is 64.8 Å². The summed E-state index contributed by atoms with van der Waals surface area (Å²) in [6, 6.07) is 12.4. The maximum absolute atomic E-state index is 11.6. The van der Waals surface area contributed by atoms with Gasteiger partial charge in [0.2, 0.25) is 0 Å². The number of amides is 1. The third-order valence-electron chi connectivity index (χ3n) is 4.39. The first-order chi connectivity index (χ1) is 11.0. The molecule has 0 aromatic heterocycles. The second kappa shape index (κ2) is 6.18. The molecule has 0 saturated carbocycles. The Morgan fingerprint density at radius 3 is 2.78 bits per heavy atom. The number of primary amides is 1. The van der Waals surface area contributed by atoms with Gasteiger partial charge in [0.15, 0.2) is 5.60 Å². The van der Waals surface area contributed by atoms with Crippen LogP contribution in [0.25, 0.3) is 10.8 Å². The van der Waals surface area contributed by atoms with Crippen LogP contribution in [0.3, 0.4) is 0 Å². The van der Waals surface area contributed by atoms with Gasteiger partial charge < -0.3 is 15.2 Å². The Morgan fingerprint density at radius 1 is 1.30 bits per heavy atom. The molecule has 1 aliphatic heterocycles. The van der Waals surface area contributed by atoms with Crippen molar-refractivity contribution in [3.63, 3.8) is 0 Å². The molecule has 122 valence electrons. The highest BCUT2D eigenvalue weighted by Gasteiger charge is 2.37. The van der Waals surface area contributed by atoms with Crippen LogP contribution in [0.5, 0.6) is 5.75 Å². The lowest BCUT2D eigenvalue weighted by molar-refractivity contribution is -0.153. The summed E-state index contributed by atoms with van der Waals surface area (Å²) in [5.41, 5.74) is 5.76. The van der Waals surface area contributed by atoms with Crippen LogP contribution in [-0.2, 0) is 16.1 Å². The number of hydrogen-bond acceptors (Lipinski definition) is 4. The fourth-order valence-electron chi connectivity index (χ4n) is 2.99. The van der Waals surface area contributed by atoms with Gasteiger partial charge in [-0.3, -0.25) is 9.69 Å². The Balaban J connectivity index is 1.77. The summed E-state index contributed by atoms with van der Waals surface area (Å²) in [6.07, 6.45) is 0. The van der Waals surface area contributed by atoms with E-state index in [-0.39, 0.29) is 0 Å². The highest BCUT2D eigenvalue weighted by molar-refractivity contribution is 5.84. The van der Waals surface area contributed by atoms with Crippen LogP contribution in [0.2, 0.25) is 0 Å². The summed E-state index contributed by atoms with van der Waals surface area (Å²) < 4.78 is 10.8. The number of morpholine rings is 1. The Hall–Kier alpha value is -2.11. The van der Waals surface area contributed by atoms with E-state index in [1.807, 2.05) is 12.1 Å². The minimum absolute atomic E-state index is 0.409. The molecule has 5 heteroatoms. The van der Waals surface area contributed by atoms with Crippen molar-refractivity contribution in [2.45, 2.75) is 19.1 Å². The zero-order chi connectivity index (χ0) is 16.4. The molecule has 2 N–H and O–H groups in total. The normalized spacial score (nSPS) is 22.2. The van der Waals surface area contributed by atoms with Crippen molar-refractivity contribution in [3.05, 3.63) is 42.0 Å². The van der Waals surface area contributed by atoms with E-state index in [9.17, 15) is 4.79 Å². The molecule has 1 heterocycles. The molecule has 1 fully saturated rings. The Morgan fingerprint density at radius 2 is 2.04 bits per heavy atom. The molecule has 5 nitrogen and oxygen atoms in total. The molecule has 1 unspecified atom stereocenters. The number of methoxy groups -OCH3 is 1. The molecule has 2 aromatic rings. The SMILES string of the molecule is COc1ccc2cc(CN3CCOC(C)(C(N)=O)C3)ccc2c1. The average molecular weight is 314 g/mol. The molecule has 2 aromatic carbocycles. The Bertz CT molecular complexity index is 731. The van der Waals surface area contributed by atoms with Gasteiger partial charge in [-0.05, 0) is 41.5 Å². The van der Waals surface area contributed by atoms with Crippen molar-refractivity contribution < 1.29 is 14.3 Å². The molecule has 1 saturated heterocycles. The maximum atomic E-state index is 11.6. The van der Waals surface area contributed by atoms with Crippen LogP contribution in [0.1, 0.15) is 12.5 Å². The predicted octanol–water partition coefficient (Wildman–Crippen LogP) is 1.92. The van der Waals surface area contributed by atoms with Gasteiger partial charge in [-0.15, -0.1) is 0 Å². The minimum atomic E-state index is -0.900. The summed E-state index contributed by atoms with van der Waals surface area (Å²) >= 11 is 0. The van der Waals surface area contributed by atoms with Gasteiger partial charge in [0.05, 0.1) is 13.7 Å². The van der Waals surface area contributed by atoms with Crippen LogP contribution in [0.15, 0.2) is 36.4 Å². The number of benzene rings is 2. The summed E-state index contributed by atoms with van der Waals surface area (Å²) in [5.74, 6) is 0.448. The van der Waals surface area contributed by atoms with E-state index in [2.05, 4.69) is 29.2 Å². The lowest BCUT2D eigenvalue weighted by atomic mass is 10.0. The lowest BCUT2D eigenvalue weighted by Gasteiger charge is -2.38. The number of carbonyl (C=O) groups is 1. The summed E-state index contributed by atoms with van der Waals surface area (Å²) in [5, 5.41) is 2.33. The number of ether oxygens (including phenoxy) is 2. The van der Waals surface area contributed by atoms with Gasteiger partial charge >= 0.3 is 0 Å². The molecule has 1 atom stereocenters. The zero-order valence-corrected chi connectivity index (χ0v) is 13.5. The van der Waals surface area contributed by atoms with E-state index in [0.29, 0.717) is 13.2 Å². The Kier molecular flexibility index (Phi) is 4.24. The largest absolute Gasteiger partial charge is 0.497 e. The lowest BCUT2D eigenvalue weighted by Crippen LogP contribution is -2.56. The van der Waals surface area contributed by atoms with Crippen molar-refractivity contribution in [2.75, 3.05) is 26.8 Å². The smallest absolute Gasteiger partial charge is 0.250 e. The van der Waals surface area contributed by atoms with Crippen molar-refractivity contribution in [2.24, 2.45) is 5.73 Å². The third-order valence-corrected chi connectivity index (χ3v) is 4.39. The second-order valence-corrected chi connectivity index (χ2v) is 6.20. The number of hydrogen-bond donors (Lipinski definition) is 1. The predicted molar refractivity (Wildman–Crippen MR) is 89.3 cm³/mol. The van der Waals surface area contributed by atoms with Gasteiger partial charge in [-0.1, -0.05) is 18.2 Å². The number of rotatable bonds is 4. The fraction of sp³-hybridized carbons (Fsp3) is 0.389. The summed E-state index contributed by atoms with van der Waals surface area (Å²) in [4.78, 5) is 13.8. The zero-order valence-electron chi connectivity index (χ0n) is 13.5. The van der Waals surface area contributed by atoms with Gasteiger partial charge in [-0.2, -0.15) is 0 Å². The first kappa shape index (κ1) is 15.8. The van der Waals surface area contributed by atoms with Gasteiger partial charge in [0.25, 0.3) is 5.91 Å². The minimum Gasteiger partial charge on any atom is -0.497 e. The van der Waals surface area contributed by atoms with Gasteiger partial charge in [-0.25, -0.2) is 0 Å². The molecule has 1 amide bonds. The van der Waals surface area contributed by atoms with Gasteiger partial charge in [0.1, 0.15) is 5.75 Å². The van der Waals surface area contributed by atoms with Crippen LogP contribution < -0.4 is 10.5 Å². The maximum Gasteiger partial charge on any atom is 0.250 e. The molecule has 0 bridgehead atoms. The monoisotopic (exact) mass is 314 g/mol.